The summed E-state index contributed by atoms with van der Waals surface area (Å²) in [6.45, 7) is 2.00. The molecule has 3 aromatic rings. The molecular formula is C28H27N3O6S. The molecule has 0 aromatic heterocycles. The van der Waals surface area contributed by atoms with E-state index in [4.69, 9.17) is 26.4 Å². The number of carbonyl (C=O) groups excluding carboxylic acids is 1. The maximum absolute atomic E-state index is 13.1. The van der Waals surface area contributed by atoms with Crippen LogP contribution in [0.15, 0.2) is 84.1 Å². The van der Waals surface area contributed by atoms with Gasteiger partial charge in [0.1, 0.15) is 11.5 Å². The smallest absolute Gasteiger partial charge is 0.337 e. The lowest BCUT2D eigenvalue weighted by atomic mass is 9.92. The van der Waals surface area contributed by atoms with Crippen LogP contribution in [-0.2, 0) is 9.53 Å². The quantitative estimate of drug-likeness (QED) is 0.152. The zero-order valence-corrected chi connectivity index (χ0v) is 22.0. The molecular weight excluding hydrogens is 506 g/mol. The van der Waals surface area contributed by atoms with E-state index in [0.717, 1.165) is 12.1 Å². The van der Waals surface area contributed by atoms with Crippen molar-refractivity contribution in [3.05, 3.63) is 99.7 Å². The SMILES string of the molecule is CCCC1=C(C(=O)OC)[C@@H](c2ccc(Oc3ccc(OC)cc3)c([N+](=O)[O-])c2)NC(=S)N1c1ccccc1. The zero-order chi connectivity index (χ0) is 27.2. The summed E-state index contributed by atoms with van der Waals surface area (Å²) in [4.78, 5) is 26.5. The van der Waals surface area contributed by atoms with Crippen molar-refractivity contribution in [1.29, 1.82) is 0 Å². The number of hydrogen-bond donors (Lipinski definition) is 1. The van der Waals surface area contributed by atoms with Crippen LogP contribution in [0.4, 0.5) is 11.4 Å². The number of benzene rings is 3. The molecule has 4 rings (SSSR count). The number of nitrogens with zero attached hydrogens (tertiary/aromatic N) is 2. The minimum Gasteiger partial charge on any atom is -0.497 e. The van der Waals surface area contributed by atoms with Crippen molar-refractivity contribution < 1.29 is 23.9 Å². The van der Waals surface area contributed by atoms with Crippen molar-refractivity contribution in [2.24, 2.45) is 0 Å². The number of nitro benzene ring substituents is 1. The van der Waals surface area contributed by atoms with Gasteiger partial charge < -0.3 is 19.5 Å². The van der Waals surface area contributed by atoms with Gasteiger partial charge in [0.05, 0.1) is 30.8 Å². The molecule has 0 aliphatic carbocycles. The van der Waals surface area contributed by atoms with E-state index in [1.807, 2.05) is 42.2 Å². The van der Waals surface area contributed by atoms with E-state index < -0.39 is 16.9 Å². The van der Waals surface area contributed by atoms with Crippen LogP contribution < -0.4 is 19.7 Å². The number of esters is 1. The first-order valence-electron chi connectivity index (χ1n) is 11.9. The fourth-order valence-electron chi connectivity index (χ4n) is 4.31. The molecule has 1 atom stereocenters. The zero-order valence-electron chi connectivity index (χ0n) is 21.2. The number of rotatable bonds is 9. The molecule has 0 bridgehead atoms. The Kier molecular flexibility index (Phi) is 8.22. The van der Waals surface area contributed by atoms with E-state index in [-0.39, 0.29) is 11.4 Å². The van der Waals surface area contributed by atoms with Gasteiger partial charge in [-0.1, -0.05) is 37.6 Å². The van der Waals surface area contributed by atoms with Gasteiger partial charge in [-0.3, -0.25) is 15.0 Å². The minimum absolute atomic E-state index is 0.0607. The Morgan fingerprint density at radius 3 is 2.34 bits per heavy atom. The summed E-state index contributed by atoms with van der Waals surface area (Å²) in [7, 11) is 2.86. The third-order valence-corrected chi connectivity index (χ3v) is 6.35. The van der Waals surface area contributed by atoms with Gasteiger partial charge in [-0.15, -0.1) is 0 Å². The summed E-state index contributed by atoms with van der Waals surface area (Å²) in [6.07, 6.45) is 1.28. The van der Waals surface area contributed by atoms with Crippen LogP contribution in [0.25, 0.3) is 0 Å². The summed E-state index contributed by atoms with van der Waals surface area (Å²) in [5, 5.41) is 15.6. The predicted octanol–water partition coefficient (Wildman–Crippen LogP) is 6.06. The van der Waals surface area contributed by atoms with Crippen LogP contribution in [0.2, 0.25) is 0 Å². The van der Waals surface area contributed by atoms with Crippen LogP contribution in [-0.4, -0.2) is 30.2 Å². The molecule has 1 N–H and O–H groups in total. The molecule has 10 heteroatoms. The molecule has 0 saturated heterocycles. The molecule has 0 radical (unpaired) electrons. The summed E-state index contributed by atoms with van der Waals surface area (Å²) < 4.78 is 16.1. The Hall–Kier alpha value is -4.44. The van der Waals surface area contributed by atoms with E-state index in [1.165, 1.54) is 19.2 Å². The van der Waals surface area contributed by atoms with Crippen molar-refractivity contribution in [2.45, 2.75) is 25.8 Å². The number of thiocarbonyl (C=S) groups is 1. The summed E-state index contributed by atoms with van der Waals surface area (Å²) in [5.74, 6) is 0.565. The van der Waals surface area contributed by atoms with Crippen molar-refractivity contribution >= 4 is 34.7 Å². The van der Waals surface area contributed by atoms with Gasteiger partial charge in [-0.25, -0.2) is 4.79 Å². The lowest BCUT2D eigenvalue weighted by Crippen LogP contribution is -2.48. The van der Waals surface area contributed by atoms with Crippen LogP contribution in [0.5, 0.6) is 17.2 Å². The number of nitro groups is 1. The van der Waals surface area contributed by atoms with Gasteiger partial charge in [-0.2, -0.15) is 0 Å². The first-order chi connectivity index (χ1) is 18.4. The van der Waals surface area contributed by atoms with Gasteiger partial charge in [0.25, 0.3) is 0 Å². The fourth-order valence-corrected chi connectivity index (χ4v) is 4.65. The standard InChI is InChI=1S/C28H27N3O6S/c1-4-8-22-25(27(32)36-3)26(29-28(38)30(22)19-9-6-5-7-10-19)18-11-16-24(23(17-18)31(33)34)37-21-14-12-20(35-2)13-15-21/h5-7,9-17,26H,4,8H2,1-3H3,(H,29,38)/t26-/m1/s1. The molecule has 0 amide bonds. The lowest BCUT2D eigenvalue weighted by molar-refractivity contribution is -0.385. The van der Waals surface area contributed by atoms with Gasteiger partial charge in [0, 0.05) is 17.5 Å². The minimum atomic E-state index is -0.759. The number of allylic oxidation sites excluding steroid dienone is 1. The average molecular weight is 534 g/mol. The number of nitrogens with one attached hydrogen (secondary N) is 1. The molecule has 196 valence electrons. The monoisotopic (exact) mass is 533 g/mol. The number of para-hydroxylation sites is 1. The topological polar surface area (TPSA) is 103 Å². The van der Waals surface area contributed by atoms with Crippen LogP contribution in [0, 0.1) is 10.1 Å². The maximum atomic E-state index is 13.1. The number of methoxy groups -OCH3 is 2. The fraction of sp³-hybridized carbons (Fsp3) is 0.214. The van der Waals surface area contributed by atoms with Gasteiger partial charge in [0.15, 0.2) is 5.11 Å². The summed E-state index contributed by atoms with van der Waals surface area (Å²) in [5.41, 5.74) is 2.04. The summed E-state index contributed by atoms with van der Waals surface area (Å²) >= 11 is 5.73. The van der Waals surface area contributed by atoms with Crippen LogP contribution in [0.1, 0.15) is 31.4 Å². The second-order valence-corrected chi connectivity index (χ2v) is 8.80. The largest absolute Gasteiger partial charge is 0.497 e. The lowest BCUT2D eigenvalue weighted by Gasteiger charge is -2.38. The number of anilines is 1. The first-order valence-corrected chi connectivity index (χ1v) is 12.4. The molecule has 38 heavy (non-hydrogen) atoms. The molecule has 0 saturated carbocycles. The van der Waals surface area contributed by atoms with E-state index in [2.05, 4.69) is 5.32 Å². The first kappa shape index (κ1) is 26.6. The number of ether oxygens (including phenoxy) is 3. The highest BCUT2D eigenvalue weighted by molar-refractivity contribution is 7.80. The van der Waals surface area contributed by atoms with E-state index >= 15 is 0 Å². The van der Waals surface area contributed by atoms with Crippen molar-refractivity contribution in [3.63, 3.8) is 0 Å². The van der Waals surface area contributed by atoms with Crippen LogP contribution >= 0.6 is 12.2 Å². The van der Waals surface area contributed by atoms with Crippen molar-refractivity contribution in [3.8, 4) is 17.2 Å². The molecule has 1 heterocycles. The van der Waals surface area contributed by atoms with Crippen molar-refractivity contribution in [1.82, 2.24) is 5.32 Å². The third kappa shape index (κ3) is 5.45. The van der Waals surface area contributed by atoms with Gasteiger partial charge in [-0.05, 0) is 66.7 Å². The Bertz CT molecular complexity index is 1380. The Morgan fingerprint density at radius 1 is 1.05 bits per heavy atom. The van der Waals surface area contributed by atoms with Crippen molar-refractivity contribution in [2.75, 3.05) is 19.1 Å². The molecule has 0 fully saturated rings. The van der Waals surface area contributed by atoms with E-state index in [1.54, 1.807) is 37.4 Å². The Morgan fingerprint density at radius 2 is 1.74 bits per heavy atom. The van der Waals surface area contributed by atoms with E-state index in [9.17, 15) is 14.9 Å². The molecule has 3 aromatic carbocycles. The molecule has 1 aliphatic rings. The Labute approximate surface area is 225 Å². The number of hydrogen-bond acceptors (Lipinski definition) is 7. The van der Waals surface area contributed by atoms with E-state index in [0.29, 0.717) is 39.9 Å². The normalized spacial score (nSPS) is 15.1. The highest BCUT2D eigenvalue weighted by atomic mass is 32.1. The molecule has 9 nitrogen and oxygen atoms in total. The summed E-state index contributed by atoms with van der Waals surface area (Å²) in [6, 6.07) is 20.0. The highest BCUT2D eigenvalue weighted by Gasteiger charge is 2.37. The molecule has 0 spiro atoms. The average Bonchev–Trinajstić information content (AvgIpc) is 2.93. The second-order valence-electron chi connectivity index (χ2n) is 8.42. The predicted molar refractivity (Wildman–Crippen MR) is 148 cm³/mol. The number of carbonyl (C=O) groups is 1. The van der Waals surface area contributed by atoms with Gasteiger partial charge in [0.2, 0.25) is 5.75 Å². The third-order valence-electron chi connectivity index (χ3n) is 6.05. The second kappa shape index (κ2) is 11.7. The maximum Gasteiger partial charge on any atom is 0.337 e. The molecule has 0 unspecified atom stereocenters. The van der Waals surface area contributed by atoms with Crippen LogP contribution in [0.3, 0.4) is 0 Å². The Balaban J connectivity index is 1.80. The highest BCUT2D eigenvalue weighted by Crippen LogP contribution is 2.40. The molecule has 1 aliphatic heterocycles. The van der Waals surface area contributed by atoms with Gasteiger partial charge >= 0.3 is 11.7 Å².